The van der Waals surface area contributed by atoms with E-state index < -0.39 is 0 Å². The minimum absolute atomic E-state index is 0.188. The lowest BCUT2D eigenvalue weighted by Crippen LogP contribution is -2.15. The van der Waals surface area contributed by atoms with E-state index in [1.165, 1.54) is 6.20 Å². The molecule has 1 amide bonds. The lowest BCUT2D eigenvalue weighted by molar-refractivity contribution is 0.102. The number of amides is 1. The quantitative estimate of drug-likeness (QED) is 0.905. The van der Waals surface area contributed by atoms with Gasteiger partial charge in [-0.25, -0.2) is 9.97 Å². The van der Waals surface area contributed by atoms with Crippen molar-refractivity contribution in [2.75, 3.05) is 17.7 Å². The van der Waals surface area contributed by atoms with Gasteiger partial charge in [0.1, 0.15) is 11.5 Å². The fourth-order valence-electron chi connectivity index (χ4n) is 1.60. The maximum atomic E-state index is 12.1. The van der Waals surface area contributed by atoms with Gasteiger partial charge in [0, 0.05) is 19.4 Å². The number of rotatable bonds is 3. The van der Waals surface area contributed by atoms with Crippen molar-refractivity contribution in [1.82, 2.24) is 9.97 Å². The first kappa shape index (κ1) is 13.3. The van der Waals surface area contributed by atoms with Gasteiger partial charge in [0.2, 0.25) is 0 Å². The van der Waals surface area contributed by atoms with Crippen molar-refractivity contribution in [3.63, 3.8) is 0 Å². The Labute approximate surface area is 116 Å². The van der Waals surface area contributed by atoms with E-state index in [1.807, 2.05) is 13.0 Å². The van der Waals surface area contributed by atoms with Crippen molar-refractivity contribution < 1.29 is 4.79 Å². The first-order valence-electron chi connectivity index (χ1n) is 5.68. The highest BCUT2D eigenvalue weighted by Gasteiger charge is 2.13. The molecule has 98 valence electrons. The number of carbonyl (C=O) groups is 1. The molecular weight excluding hydrogens is 264 g/mol. The van der Waals surface area contributed by atoms with Crippen LogP contribution in [0, 0.1) is 6.92 Å². The van der Waals surface area contributed by atoms with Crippen molar-refractivity contribution in [3.8, 4) is 0 Å². The van der Waals surface area contributed by atoms with Crippen LogP contribution in [-0.2, 0) is 0 Å². The second-order valence-electron chi connectivity index (χ2n) is 3.95. The third kappa shape index (κ3) is 3.00. The van der Waals surface area contributed by atoms with Crippen LogP contribution in [-0.4, -0.2) is 22.9 Å². The second-order valence-corrected chi connectivity index (χ2v) is 4.35. The van der Waals surface area contributed by atoms with Crippen LogP contribution >= 0.6 is 11.6 Å². The number of nitrogens with one attached hydrogen (secondary N) is 2. The summed E-state index contributed by atoms with van der Waals surface area (Å²) in [4.78, 5) is 20.3. The Morgan fingerprint density at radius 3 is 2.84 bits per heavy atom. The number of hydrogen-bond donors (Lipinski definition) is 2. The number of nitrogens with zero attached hydrogens (tertiary/aromatic N) is 2. The molecule has 0 bridgehead atoms. The number of carbonyl (C=O) groups excluding carboxylic acids is 1. The standard InChI is InChI=1S/C13H13ClN4O/c1-8-6-10(12(15-2)17-7-8)18-13(19)11-9(14)4-3-5-16-11/h3-7H,1-2H3,(H,15,17)(H,18,19). The van der Waals surface area contributed by atoms with Gasteiger partial charge in [0.15, 0.2) is 0 Å². The molecular formula is C13H13ClN4O. The van der Waals surface area contributed by atoms with Crippen LogP contribution in [0.1, 0.15) is 16.1 Å². The summed E-state index contributed by atoms with van der Waals surface area (Å²) in [5.41, 5.74) is 1.73. The Hall–Kier alpha value is -2.14. The average molecular weight is 277 g/mol. The SMILES string of the molecule is CNc1ncc(C)cc1NC(=O)c1ncccc1Cl. The van der Waals surface area contributed by atoms with Crippen LogP contribution in [0.2, 0.25) is 5.02 Å². The number of halogens is 1. The van der Waals surface area contributed by atoms with E-state index in [2.05, 4.69) is 20.6 Å². The van der Waals surface area contributed by atoms with E-state index >= 15 is 0 Å². The molecule has 0 fully saturated rings. The van der Waals surface area contributed by atoms with Crippen LogP contribution in [0.5, 0.6) is 0 Å². The smallest absolute Gasteiger partial charge is 0.275 e. The normalized spacial score (nSPS) is 10.1. The maximum Gasteiger partial charge on any atom is 0.275 e. The maximum absolute atomic E-state index is 12.1. The molecule has 0 aliphatic carbocycles. The number of anilines is 2. The fourth-order valence-corrected chi connectivity index (χ4v) is 1.81. The molecule has 0 saturated heterocycles. The van der Waals surface area contributed by atoms with Crippen LogP contribution in [0.25, 0.3) is 0 Å². The highest BCUT2D eigenvalue weighted by Crippen LogP contribution is 2.21. The van der Waals surface area contributed by atoms with Crippen LogP contribution in [0.15, 0.2) is 30.6 Å². The molecule has 0 aliphatic heterocycles. The molecule has 2 aromatic heterocycles. The van der Waals surface area contributed by atoms with E-state index in [9.17, 15) is 4.79 Å². The molecule has 2 N–H and O–H groups in total. The van der Waals surface area contributed by atoms with Gasteiger partial charge in [-0.1, -0.05) is 11.6 Å². The number of pyridine rings is 2. The Balaban J connectivity index is 2.29. The van der Waals surface area contributed by atoms with Gasteiger partial charge >= 0.3 is 0 Å². The molecule has 2 rings (SSSR count). The first-order valence-corrected chi connectivity index (χ1v) is 6.06. The highest BCUT2D eigenvalue weighted by molar-refractivity contribution is 6.34. The molecule has 0 radical (unpaired) electrons. The molecule has 0 saturated carbocycles. The van der Waals surface area contributed by atoms with Crippen molar-refractivity contribution >= 4 is 29.0 Å². The molecule has 0 aromatic carbocycles. The van der Waals surface area contributed by atoms with Gasteiger partial charge in [-0.3, -0.25) is 4.79 Å². The van der Waals surface area contributed by atoms with E-state index in [0.29, 0.717) is 16.5 Å². The average Bonchev–Trinajstić information content (AvgIpc) is 2.39. The second kappa shape index (κ2) is 5.67. The van der Waals surface area contributed by atoms with Gasteiger partial charge in [0.05, 0.1) is 10.7 Å². The molecule has 19 heavy (non-hydrogen) atoms. The topological polar surface area (TPSA) is 66.9 Å². The molecule has 6 heteroatoms. The summed E-state index contributed by atoms with van der Waals surface area (Å²) >= 11 is 5.94. The van der Waals surface area contributed by atoms with Crippen molar-refractivity contribution in [2.24, 2.45) is 0 Å². The summed E-state index contributed by atoms with van der Waals surface area (Å²) < 4.78 is 0. The van der Waals surface area contributed by atoms with E-state index in [4.69, 9.17) is 11.6 Å². The third-order valence-electron chi connectivity index (χ3n) is 2.48. The first-order chi connectivity index (χ1) is 9.11. The number of aromatic nitrogens is 2. The molecule has 5 nitrogen and oxygen atoms in total. The van der Waals surface area contributed by atoms with Gasteiger partial charge in [-0.2, -0.15) is 0 Å². The Bertz CT molecular complexity index is 615. The van der Waals surface area contributed by atoms with Gasteiger partial charge in [-0.05, 0) is 30.7 Å². The van der Waals surface area contributed by atoms with Gasteiger partial charge in [0.25, 0.3) is 5.91 Å². The minimum Gasteiger partial charge on any atom is -0.371 e. The lowest BCUT2D eigenvalue weighted by Gasteiger charge is -2.10. The zero-order valence-corrected chi connectivity index (χ0v) is 11.3. The summed E-state index contributed by atoms with van der Waals surface area (Å²) in [6, 6.07) is 5.12. The van der Waals surface area contributed by atoms with Crippen molar-refractivity contribution in [1.29, 1.82) is 0 Å². The summed E-state index contributed by atoms with van der Waals surface area (Å²) in [6.07, 6.45) is 3.24. The largest absolute Gasteiger partial charge is 0.371 e. The zero-order chi connectivity index (χ0) is 13.8. The summed E-state index contributed by atoms with van der Waals surface area (Å²) in [6.45, 7) is 1.90. The monoisotopic (exact) mass is 276 g/mol. The van der Waals surface area contributed by atoms with Crippen LogP contribution in [0.3, 0.4) is 0 Å². The Morgan fingerprint density at radius 1 is 1.37 bits per heavy atom. The van der Waals surface area contributed by atoms with E-state index in [1.54, 1.807) is 25.4 Å². The summed E-state index contributed by atoms with van der Waals surface area (Å²) in [5.74, 6) is 0.223. The van der Waals surface area contributed by atoms with E-state index in [0.717, 1.165) is 5.56 Å². The summed E-state index contributed by atoms with van der Waals surface area (Å²) in [7, 11) is 1.74. The highest BCUT2D eigenvalue weighted by atomic mass is 35.5. The van der Waals surface area contributed by atoms with E-state index in [-0.39, 0.29) is 11.6 Å². The zero-order valence-electron chi connectivity index (χ0n) is 10.6. The Kier molecular flexibility index (Phi) is 3.97. The molecule has 0 aliphatic rings. The summed E-state index contributed by atoms with van der Waals surface area (Å²) in [5, 5.41) is 5.98. The molecule has 0 unspecified atom stereocenters. The number of hydrogen-bond acceptors (Lipinski definition) is 4. The predicted molar refractivity (Wildman–Crippen MR) is 75.7 cm³/mol. The van der Waals surface area contributed by atoms with Gasteiger partial charge < -0.3 is 10.6 Å². The minimum atomic E-state index is -0.366. The molecule has 2 aromatic rings. The Morgan fingerprint density at radius 2 is 2.16 bits per heavy atom. The number of aryl methyl sites for hydroxylation is 1. The van der Waals surface area contributed by atoms with Gasteiger partial charge in [-0.15, -0.1) is 0 Å². The third-order valence-corrected chi connectivity index (χ3v) is 2.79. The lowest BCUT2D eigenvalue weighted by atomic mass is 10.2. The van der Waals surface area contributed by atoms with Crippen LogP contribution in [0.4, 0.5) is 11.5 Å². The molecule has 0 atom stereocenters. The molecule has 0 spiro atoms. The fraction of sp³-hybridized carbons (Fsp3) is 0.154. The molecule has 2 heterocycles. The van der Waals surface area contributed by atoms with Crippen molar-refractivity contribution in [3.05, 3.63) is 46.9 Å². The van der Waals surface area contributed by atoms with Crippen LogP contribution < -0.4 is 10.6 Å². The van der Waals surface area contributed by atoms with Crippen molar-refractivity contribution in [2.45, 2.75) is 6.92 Å². The predicted octanol–water partition coefficient (Wildman–Crippen LogP) is 2.73.